The molecule has 122 valence electrons. The molecular weight excluding hydrogens is 337 g/mol. The quantitative estimate of drug-likeness (QED) is 0.771. The minimum absolute atomic E-state index is 0.118. The van der Waals surface area contributed by atoms with E-state index in [2.05, 4.69) is 5.32 Å². The van der Waals surface area contributed by atoms with Crippen LogP contribution < -0.4 is 14.8 Å². The lowest BCUT2D eigenvalue weighted by Gasteiger charge is -2.09. The van der Waals surface area contributed by atoms with Crippen molar-refractivity contribution in [3.63, 3.8) is 0 Å². The zero-order chi connectivity index (χ0) is 16.7. The number of benzene rings is 2. The molecule has 0 aromatic heterocycles. The molecule has 6 heteroatoms. The summed E-state index contributed by atoms with van der Waals surface area (Å²) >= 11 is 11.9. The number of hydrogen-bond donors (Lipinski definition) is 1. The first kappa shape index (κ1) is 17.4. The largest absolute Gasteiger partial charge is 0.497 e. The first-order valence-corrected chi connectivity index (χ1v) is 7.81. The van der Waals surface area contributed by atoms with E-state index in [4.69, 9.17) is 32.7 Å². The summed E-state index contributed by atoms with van der Waals surface area (Å²) in [7, 11) is 1.61. The molecule has 0 radical (unpaired) electrons. The Morgan fingerprint density at radius 2 is 1.78 bits per heavy atom. The van der Waals surface area contributed by atoms with Crippen LogP contribution in [0.1, 0.15) is 5.56 Å². The number of carbonyl (C=O) groups is 1. The maximum Gasteiger partial charge on any atom is 0.224 e. The molecule has 0 heterocycles. The van der Waals surface area contributed by atoms with Gasteiger partial charge in [-0.15, -0.1) is 0 Å². The molecule has 0 saturated heterocycles. The molecule has 2 aromatic carbocycles. The van der Waals surface area contributed by atoms with E-state index in [1.807, 2.05) is 24.3 Å². The van der Waals surface area contributed by atoms with Crippen LogP contribution in [0.4, 0.5) is 0 Å². The van der Waals surface area contributed by atoms with E-state index in [0.29, 0.717) is 23.2 Å². The van der Waals surface area contributed by atoms with Gasteiger partial charge in [0, 0.05) is 10.0 Å². The Balaban J connectivity index is 1.72. The Labute approximate surface area is 145 Å². The second kappa shape index (κ2) is 8.65. The van der Waals surface area contributed by atoms with Gasteiger partial charge in [0.25, 0.3) is 0 Å². The fourth-order valence-electron chi connectivity index (χ4n) is 1.93. The Bertz CT molecular complexity index is 659. The van der Waals surface area contributed by atoms with E-state index < -0.39 is 0 Å². The Kier molecular flexibility index (Phi) is 6.56. The van der Waals surface area contributed by atoms with Gasteiger partial charge in [-0.3, -0.25) is 4.79 Å². The zero-order valence-electron chi connectivity index (χ0n) is 12.6. The van der Waals surface area contributed by atoms with Crippen molar-refractivity contribution in [2.24, 2.45) is 0 Å². The summed E-state index contributed by atoms with van der Waals surface area (Å²) in [4.78, 5) is 11.9. The van der Waals surface area contributed by atoms with Crippen LogP contribution in [0, 0.1) is 0 Å². The predicted octanol–water partition coefficient (Wildman–Crippen LogP) is 3.74. The van der Waals surface area contributed by atoms with Crippen LogP contribution in [0.3, 0.4) is 0 Å². The molecule has 0 bridgehead atoms. The molecule has 1 N–H and O–H groups in total. The molecule has 0 aliphatic carbocycles. The predicted molar refractivity (Wildman–Crippen MR) is 91.7 cm³/mol. The average Bonchev–Trinajstić information content (AvgIpc) is 2.55. The van der Waals surface area contributed by atoms with Crippen LogP contribution in [0.2, 0.25) is 10.0 Å². The summed E-state index contributed by atoms with van der Waals surface area (Å²) in [5.41, 5.74) is 0.740. The number of hydrogen-bond acceptors (Lipinski definition) is 3. The van der Waals surface area contributed by atoms with Crippen LogP contribution in [-0.2, 0) is 11.2 Å². The molecule has 0 spiro atoms. The Hall–Kier alpha value is -1.91. The molecule has 0 aliphatic heterocycles. The summed E-state index contributed by atoms with van der Waals surface area (Å²) < 4.78 is 10.6. The van der Waals surface area contributed by atoms with Crippen molar-refractivity contribution in [2.45, 2.75) is 6.42 Å². The molecule has 0 atom stereocenters. The van der Waals surface area contributed by atoms with Crippen LogP contribution in [-0.4, -0.2) is 26.2 Å². The van der Waals surface area contributed by atoms with Crippen molar-refractivity contribution in [2.75, 3.05) is 20.3 Å². The Morgan fingerprint density at radius 1 is 1.09 bits per heavy atom. The maximum absolute atomic E-state index is 11.9. The van der Waals surface area contributed by atoms with Crippen molar-refractivity contribution in [3.05, 3.63) is 58.1 Å². The molecular formula is C17H17Cl2NO3. The number of ether oxygens (including phenoxy) is 2. The molecule has 0 fully saturated rings. The maximum atomic E-state index is 11.9. The number of rotatable bonds is 7. The molecule has 23 heavy (non-hydrogen) atoms. The summed E-state index contributed by atoms with van der Waals surface area (Å²) in [6.07, 6.45) is 0.207. The third kappa shape index (κ3) is 5.66. The van der Waals surface area contributed by atoms with Gasteiger partial charge in [-0.25, -0.2) is 0 Å². The van der Waals surface area contributed by atoms with Crippen molar-refractivity contribution in [3.8, 4) is 11.5 Å². The highest BCUT2D eigenvalue weighted by Crippen LogP contribution is 2.21. The summed E-state index contributed by atoms with van der Waals surface area (Å²) in [5.74, 6) is 1.37. The van der Waals surface area contributed by atoms with Gasteiger partial charge < -0.3 is 14.8 Å². The van der Waals surface area contributed by atoms with Gasteiger partial charge >= 0.3 is 0 Å². The highest BCUT2D eigenvalue weighted by Gasteiger charge is 2.07. The zero-order valence-corrected chi connectivity index (χ0v) is 14.2. The monoisotopic (exact) mass is 353 g/mol. The number of nitrogens with one attached hydrogen (secondary N) is 1. The van der Waals surface area contributed by atoms with E-state index in [-0.39, 0.29) is 12.3 Å². The highest BCUT2D eigenvalue weighted by molar-refractivity contribution is 6.35. The summed E-state index contributed by atoms with van der Waals surface area (Å²) in [6.45, 7) is 0.794. The fraction of sp³-hybridized carbons (Fsp3) is 0.235. The fourth-order valence-corrected chi connectivity index (χ4v) is 2.41. The minimum atomic E-state index is -0.118. The molecule has 1 amide bonds. The van der Waals surface area contributed by atoms with Crippen molar-refractivity contribution < 1.29 is 14.3 Å². The second-order valence-corrected chi connectivity index (χ2v) is 5.63. The number of methoxy groups -OCH3 is 1. The molecule has 0 unspecified atom stereocenters. The highest BCUT2D eigenvalue weighted by atomic mass is 35.5. The van der Waals surface area contributed by atoms with Gasteiger partial charge in [0.2, 0.25) is 5.91 Å². The molecule has 0 saturated carbocycles. The minimum Gasteiger partial charge on any atom is -0.497 e. The molecule has 2 aromatic rings. The third-order valence-electron chi connectivity index (χ3n) is 3.12. The van der Waals surface area contributed by atoms with E-state index in [9.17, 15) is 4.79 Å². The van der Waals surface area contributed by atoms with Crippen molar-refractivity contribution in [1.29, 1.82) is 0 Å². The molecule has 4 nitrogen and oxygen atoms in total. The number of carbonyl (C=O) groups excluding carboxylic acids is 1. The SMILES string of the molecule is COc1ccc(OCCNC(=O)Cc2ccc(Cl)cc2Cl)cc1. The van der Waals surface area contributed by atoms with Gasteiger partial charge in [0.1, 0.15) is 18.1 Å². The lowest BCUT2D eigenvalue weighted by Crippen LogP contribution is -2.29. The Morgan fingerprint density at radius 3 is 2.43 bits per heavy atom. The standard InChI is InChI=1S/C17H17Cl2NO3/c1-22-14-4-6-15(7-5-14)23-9-8-20-17(21)10-12-2-3-13(18)11-16(12)19/h2-7,11H,8-10H2,1H3,(H,20,21). The van der Waals surface area contributed by atoms with E-state index in [1.54, 1.807) is 25.3 Å². The molecule has 2 rings (SSSR count). The van der Waals surface area contributed by atoms with Gasteiger partial charge in [-0.05, 0) is 42.0 Å². The topological polar surface area (TPSA) is 47.6 Å². The van der Waals surface area contributed by atoms with Gasteiger partial charge in [0.05, 0.1) is 20.1 Å². The van der Waals surface area contributed by atoms with Crippen LogP contribution in [0.5, 0.6) is 11.5 Å². The molecule has 0 aliphatic rings. The second-order valence-electron chi connectivity index (χ2n) is 4.79. The van der Waals surface area contributed by atoms with Gasteiger partial charge in [0.15, 0.2) is 0 Å². The van der Waals surface area contributed by atoms with Gasteiger partial charge in [-0.2, -0.15) is 0 Å². The number of halogens is 2. The third-order valence-corrected chi connectivity index (χ3v) is 3.71. The summed E-state index contributed by atoms with van der Waals surface area (Å²) in [5, 5.41) is 3.82. The van der Waals surface area contributed by atoms with Gasteiger partial charge in [-0.1, -0.05) is 29.3 Å². The van der Waals surface area contributed by atoms with Crippen LogP contribution in [0.15, 0.2) is 42.5 Å². The number of amides is 1. The summed E-state index contributed by atoms with van der Waals surface area (Å²) in [6, 6.07) is 12.3. The normalized spacial score (nSPS) is 10.2. The van der Waals surface area contributed by atoms with Crippen LogP contribution >= 0.6 is 23.2 Å². The van der Waals surface area contributed by atoms with Crippen LogP contribution in [0.25, 0.3) is 0 Å². The van der Waals surface area contributed by atoms with E-state index in [0.717, 1.165) is 17.1 Å². The lowest BCUT2D eigenvalue weighted by molar-refractivity contribution is -0.120. The van der Waals surface area contributed by atoms with Crippen molar-refractivity contribution in [1.82, 2.24) is 5.32 Å². The van der Waals surface area contributed by atoms with E-state index in [1.165, 1.54) is 0 Å². The van der Waals surface area contributed by atoms with E-state index >= 15 is 0 Å². The first-order chi connectivity index (χ1) is 11.1. The lowest BCUT2D eigenvalue weighted by atomic mass is 10.1. The van der Waals surface area contributed by atoms with Crippen molar-refractivity contribution >= 4 is 29.1 Å². The smallest absolute Gasteiger partial charge is 0.224 e. The first-order valence-electron chi connectivity index (χ1n) is 7.06. The average molecular weight is 354 g/mol.